The molecule has 1 atom stereocenters. The van der Waals surface area contributed by atoms with Gasteiger partial charge in [0.15, 0.2) is 5.96 Å². The van der Waals surface area contributed by atoms with Gasteiger partial charge in [0.05, 0.1) is 6.54 Å². The summed E-state index contributed by atoms with van der Waals surface area (Å²) in [5.74, 6) is 1.02. The molecule has 7 heteroatoms. The molecule has 2 rings (SSSR count). The summed E-state index contributed by atoms with van der Waals surface area (Å²) in [6.07, 6.45) is 1.08. The van der Waals surface area contributed by atoms with E-state index < -0.39 is 0 Å². The van der Waals surface area contributed by atoms with E-state index in [-0.39, 0.29) is 24.0 Å². The molecule has 0 saturated carbocycles. The summed E-state index contributed by atoms with van der Waals surface area (Å²) in [5.41, 5.74) is 0. The second-order valence-corrected chi connectivity index (χ2v) is 7.67. The number of aliphatic imine (C=N–C) groups is 1. The first-order valence-electron chi connectivity index (χ1n) is 9.04. The van der Waals surface area contributed by atoms with Gasteiger partial charge in [-0.1, -0.05) is 6.07 Å². The first-order chi connectivity index (χ1) is 11.6. The summed E-state index contributed by atoms with van der Waals surface area (Å²) < 4.78 is 0. The maximum atomic E-state index is 4.89. The molecule has 0 radical (unpaired) electrons. The van der Waals surface area contributed by atoms with Gasteiger partial charge in [0.25, 0.3) is 0 Å². The fourth-order valence-corrected chi connectivity index (χ4v) is 3.60. The second-order valence-electron chi connectivity index (χ2n) is 6.63. The van der Waals surface area contributed by atoms with E-state index in [9.17, 15) is 0 Å². The Morgan fingerprint density at radius 2 is 2.08 bits per heavy atom. The largest absolute Gasteiger partial charge is 0.357 e. The van der Waals surface area contributed by atoms with Gasteiger partial charge in [0.2, 0.25) is 0 Å². The molecule has 1 aliphatic rings. The predicted octanol–water partition coefficient (Wildman–Crippen LogP) is 2.44. The number of hydrogen-bond donors (Lipinski definition) is 1. The summed E-state index contributed by atoms with van der Waals surface area (Å²) in [5, 5.41) is 5.58. The van der Waals surface area contributed by atoms with Crippen LogP contribution in [0.15, 0.2) is 22.5 Å². The van der Waals surface area contributed by atoms with E-state index in [0.717, 1.165) is 58.2 Å². The highest BCUT2D eigenvalue weighted by molar-refractivity contribution is 14.0. The lowest BCUT2D eigenvalue weighted by Crippen LogP contribution is -2.49. The normalized spacial score (nSPS) is 17.8. The van der Waals surface area contributed by atoms with E-state index in [2.05, 4.69) is 65.5 Å². The smallest absolute Gasteiger partial charge is 0.193 e. The lowest BCUT2D eigenvalue weighted by atomic mass is 10.2. The van der Waals surface area contributed by atoms with Gasteiger partial charge in [-0.2, -0.15) is 0 Å². The Kier molecular flexibility index (Phi) is 11.0. The van der Waals surface area contributed by atoms with Gasteiger partial charge in [0, 0.05) is 57.2 Å². The third-order valence-corrected chi connectivity index (χ3v) is 5.57. The molecule has 25 heavy (non-hydrogen) atoms. The lowest BCUT2D eigenvalue weighted by molar-refractivity contribution is 0.122. The molecule has 1 aliphatic heterocycles. The highest BCUT2D eigenvalue weighted by Gasteiger charge is 2.19. The molecule has 0 bridgehead atoms. The number of nitrogens with zero attached hydrogens (tertiary/aromatic N) is 4. The Hall–Kier alpha value is -0.380. The number of halogens is 1. The molecular weight excluding hydrogens is 445 g/mol. The zero-order valence-electron chi connectivity index (χ0n) is 16.1. The minimum absolute atomic E-state index is 0. The van der Waals surface area contributed by atoms with Gasteiger partial charge < -0.3 is 15.1 Å². The average molecular weight is 479 g/mol. The molecule has 1 saturated heterocycles. The van der Waals surface area contributed by atoms with Crippen LogP contribution in [0.25, 0.3) is 0 Å². The van der Waals surface area contributed by atoms with Crippen molar-refractivity contribution in [2.75, 3.05) is 59.9 Å². The summed E-state index contributed by atoms with van der Waals surface area (Å²) in [7, 11) is 4.33. The maximum absolute atomic E-state index is 4.89. The van der Waals surface area contributed by atoms with E-state index in [4.69, 9.17) is 4.99 Å². The van der Waals surface area contributed by atoms with Gasteiger partial charge >= 0.3 is 0 Å². The predicted molar refractivity (Wildman–Crippen MR) is 121 cm³/mol. The highest BCUT2D eigenvalue weighted by atomic mass is 127. The summed E-state index contributed by atoms with van der Waals surface area (Å²) in [6, 6.07) is 4.83. The number of piperazine rings is 1. The van der Waals surface area contributed by atoms with Gasteiger partial charge in [-0.15, -0.1) is 35.3 Å². The molecule has 1 unspecified atom stereocenters. The molecule has 1 aromatic rings. The quantitative estimate of drug-likeness (QED) is 0.370. The number of hydrogen-bond acceptors (Lipinski definition) is 4. The zero-order chi connectivity index (χ0) is 17.4. The highest BCUT2D eigenvalue weighted by Crippen LogP contribution is 2.10. The number of thiophene rings is 1. The Labute approximate surface area is 174 Å². The van der Waals surface area contributed by atoms with Crippen molar-refractivity contribution in [3.8, 4) is 0 Å². The fourth-order valence-electron chi connectivity index (χ4n) is 2.91. The van der Waals surface area contributed by atoms with Crippen molar-refractivity contribution in [2.45, 2.75) is 26.3 Å². The number of likely N-dealkylation sites (N-methyl/N-ethyl adjacent to an activating group) is 2. The molecule has 5 nitrogen and oxygen atoms in total. The van der Waals surface area contributed by atoms with Gasteiger partial charge in [-0.05, 0) is 38.8 Å². The van der Waals surface area contributed by atoms with Crippen LogP contribution in [0.2, 0.25) is 0 Å². The molecule has 2 heterocycles. The lowest BCUT2D eigenvalue weighted by Gasteiger charge is -2.36. The Morgan fingerprint density at radius 3 is 2.68 bits per heavy atom. The van der Waals surface area contributed by atoms with E-state index in [1.165, 1.54) is 4.88 Å². The molecule has 0 aliphatic carbocycles. The number of nitrogens with one attached hydrogen (secondary N) is 1. The van der Waals surface area contributed by atoms with Crippen LogP contribution in [-0.4, -0.2) is 86.6 Å². The number of rotatable bonds is 7. The molecule has 1 fully saturated rings. The molecule has 1 N–H and O–H groups in total. The summed E-state index contributed by atoms with van der Waals surface area (Å²) in [6.45, 7) is 11.8. The van der Waals surface area contributed by atoms with Crippen molar-refractivity contribution in [3.05, 3.63) is 22.4 Å². The van der Waals surface area contributed by atoms with Crippen LogP contribution in [-0.2, 0) is 6.42 Å². The van der Waals surface area contributed by atoms with Crippen molar-refractivity contribution in [3.63, 3.8) is 0 Å². The molecule has 1 aromatic heterocycles. The first kappa shape index (κ1) is 22.7. The third-order valence-electron chi connectivity index (χ3n) is 4.64. The molecule has 0 aromatic carbocycles. The van der Waals surface area contributed by atoms with Crippen molar-refractivity contribution in [1.82, 2.24) is 20.0 Å². The fraction of sp³-hybridized carbons (Fsp3) is 0.722. The van der Waals surface area contributed by atoms with Crippen LogP contribution in [0.4, 0.5) is 0 Å². The maximum Gasteiger partial charge on any atom is 0.193 e. The van der Waals surface area contributed by atoms with Crippen LogP contribution in [0.3, 0.4) is 0 Å². The first-order valence-corrected chi connectivity index (χ1v) is 9.92. The molecule has 0 amide bonds. The minimum Gasteiger partial charge on any atom is -0.357 e. The Morgan fingerprint density at radius 1 is 1.36 bits per heavy atom. The van der Waals surface area contributed by atoms with Crippen LogP contribution in [0.5, 0.6) is 0 Å². The number of guanidine groups is 1. The molecule has 0 spiro atoms. The van der Waals surface area contributed by atoms with E-state index >= 15 is 0 Å². The minimum atomic E-state index is 0. The molecule has 144 valence electrons. The zero-order valence-corrected chi connectivity index (χ0v) is 19.2. The molecular formula is C18H34IN5S. The van der Waals surface area contributed by atoms with Crippen molar-refractivity contribution in [2.24, 2.45) is 4.99 Å². The van der Waals surface area contributed by atoms with Crippen LogP contribution < -0.4 is 5.32 Å². The SMILES string of the molecule is CCNC(=NCC(C)N1CCN(C)CC1)N(C)CCc1cccs1.I. The second kappa shape index (κ2) is 12.1. The topological polar surface area (TPSA) is 34.1 Å². The van der Waals surface area contributed by atoms with E-state index in [1.807, 2.05) is 11.3 Å². The van der Waals surface area contributed by atoms with Crippen LogP contribution in [0, 0.1) is 0 Å². The van der Waals surface area contributed by atoms with Crippen molar-refractivity contribution >= 4 is 41.3 Å². The van der Waals surface area contributed by atoms with Crippen molar-refractivity contribution < 1.29 is 0 Å². The summed E-state index contributed by atoms with van der Waals surface area (Å²) in [4.78, 5) is 13.5. The van der Waals surface area contributed by atoms with Crippen molar-refractivity contribution in [1.29, 1.82) is 0 Å². The Bertz CT molecular complexity index is 486. The Balaban J connectivity index is 0.00000312. The van der Waals surface area contributed by atoms with E-state index in [0.29, 0.717) is 6.04 Å². The van der Waals surface area contributed by atoms with Crippen LogP contribution in [0.1, 0.15) is 18.7 Å². The van der Waals surface area contributed by atoms with E-state index in [1.54, 1.807) is 0 Å². The van der Waals surface area contributed by atoms with Gasteiger partial charge in [-0.3, -0.25) is 9.89 Å². The van der Waals surface area contributed by atoms with Gasteiger partial charge in [-0.25, -0.2) is 0 Å². The average Bonchev–Trinajstić information content (AvgIpc) is 3.10. The van der Waals surface area contributed by atoms with Crippen LogP contribution >= 0.6 is 35.3 Å². The summed E-state index contributed by atoms with van der Waals surface area (Å²) >= 11 is 1.83. The monoisotopic (exact) mass is 479 g/mol. The third kappa shape index (κ3) is 7.80. The standard InChI is InChI=1S/C18H33N5S.HI/c1-5-19-18(22(4)9-8-17-7-6-14-24-17)20-15-16(2)23-12-10-21(3)11-13-23;/h6-7,14,16H,5,8-13,15H2,1-4H3,(H,19,20);1H. The van der Waals surface area contributed by atoms with Gasteiger partial charge in [0.1, 0.15) is 0 Å².